The Labute approximate surface area is 148 Å². The molecule has 0 aromatic heterocycles. The first-order chi connectivity index (χ1) is 11.1. The fourth-order valence-corrected chi connectivity index (χ4v) is 2.58. The van der Waals surface area contributed by atoms with Crippen molar-refractivity contribution in [2.45, 2.75) is 58.7 Å². The molecule has 0 fully saturated rings. The zero-order chi connectivity index (χ0) is 18.9. The van der Waals surface area contributed by atoms with E-state index in [1.807, 2.05) is 20.1 Å². The maximum Gasteiger partial charge on any atom is 0.326 e. The van der Waals surface area contributed by atoms with Gasteiger partial charge in [0.15, 0.2) is 0 Å². The lowest BCUT2D eigenvalue weighted by atomic mass is 9.96. The van der Waals surface area contributed by atoms with Crippen LogP contribution in [0.2, 0.25) is 0 Å². The lowest BCUT2D eigenvalue weighted by Gasteiger charge is -2.27. The highest BCUT2D eigenvalue weighted by molar-refractivity contribution is 7.98. The molecule has 2 amide bonds. The summed E-state index contributed by atoms with van der Waals surface area (Å²) in [6.45, 7) is 7.17. The summed E-state index contributed by atoms with van der Waals surface area (Å²) in [6, 6.07) is -2.48. The Hall–Kier alpha value is -1.28. The summed E-state index contributed by atoms with van der Waals surface area (Å²) in [4.78, 5) is 36.0. The van der Waals surface area contributed by atoms with Crippen LogP contribution in [0, 0.1) is 11.8 Å². The van der Waals surface area contributed by atoms with Gasteiger partial charge in [-0.25, -0.2) is 4.79 Å². The lowest BCUT2D eigenvalue weighted by Crippen LogP contribution is -2.57. The number of thioether (sulfide) groups is 1. The molecule has 4 atom stereocenters. The SMILES string of the molecule is CC[C@H](C)[C@H](NC(=O)[C@@H](N)CCSC)C(=O)N[C@H](C(=O)O)C(C)C. The highest BCUT2D eigenvalue weighted by atomic mass is 32.2. The molecule has 0 heterocycles. The third-order valence-electron chi connectivity index (χ3n) is 3.99. The second-order valence-electron chi connectivity index (χ2n) is 6.33. The van der Waals surface area contributed by atoms with Gasteiger partial charge in [-0.3, -0.25) is 9.59 Å². The molecule has 0 radical (unpaired) electrons. The van der Waals surface area contributed by atoms with Gasteiger partial charge in [-0.15, -0.1) is 0 Å². The first-order valence-corrected chi connectivity index (χ1v) is 9.63. The van der Waals surface area contributed by atoms with Crippen molar-refractivity contribution in [3.05, 3.63) is 0 Å². The van der Waals surface area contributed by atoms with Gasteiger partial charge in [-0.05, 0) is 30.3 Å². The highest BCUT2D eigenvalue weighted by Crippen LogP contribution is 2.11. The van der Waals surface area contributed by atoms with Crippen molar-refractivity contribution in [2.75, 3.05) is 12.0 Å². The maximum atomic E-state index is 12.5. The van der Waals surface area contributed by atoms with Gasteiger partial charge in [0.2, 0.25) is 11.8 Å². The van der Waals surface area contributed by atoms with Crippen molar-refractivity contribution in [2.24, 2.45) is 17.6 Å². The lowest BCUT2D eigenvalue weighted by molar-refractivity contribution is -0.143. The summed E-state index contributed by atoms with van der Waals surface area (Å²) in [5.41, 5.74) is 5.84. The predicted octanol–water partition coefficient (Wildman–Crippen LogP) is 0.823. The van der Waals surface area contributed by atoms with Crippen LogP contribution >= 0.6 is 11.8 Å². The predicted molar refractivity (Wildman–Crippen MR) is 96.8 cm³/mol. The third kappa shape index (κ3) is 7.53. The molecular formula is C16H31N3O4S. The second-order valence-corrected chi connectivity index (χ2v) is 7.31. The van der Waals surface area contributed by atoms with E-state index in [9.17, 15) is 19.5 Å². The molecule has 0 aliphatic heterocycles. The standard InChI is InChI=1S/C16H31N3O4S/c1-6-10(4)13(19-14(20)11(17)7-8-24-5)15(21)18-12(9(2)3)16(22)23/h9-13H,6-8,17H2,1-5H3,(H,18,21)(H,19,20)(H,22,23)/t10-,11-,12-,13-/m0/s1. The minimum atomic E-state index is -1.09. The number of carbonyl (C=O) groups is 3. The molecule has 0 saturated carbocycles. The van der Waals surface area contributed by atoms with Crippen LogP contribution in [0.4, 0.5) is 0 Å². The summed E-state index contributed by atoms with van der Waals surface area (Å²) in [7, 11) is 0. The first kappa shape index (κ1) is 22.7. The zero-order valence-electron chi connectivity index (χ0n) is 15.2. The van der Waals surface area contributed by atoms with E-state index in [4.69, 9.17) is 5.73 Å². The number of carbonyl (C=O) groups excluding carboxylic acids is 2. The third-order valence-corrected chi connectivity index (χ3v) is 4.64. The van der Waals surface area contributed by atoms with Crippen molar-refractivity contribution in [1.82, 2.24) is 10.6 Å². The second kappa shape index (κ2) is 11.3. The quantitative estimate of drug-likeness (QED) is 0.432. The van der Waals surface area contributed by atoms with E-state index in [0.717, 1.165) is 5.75 Å². The van der Waals surface area contributed by atoms with Gasteiger partial charge >= 0.3 is 5.97 Å². The minimum Gasteiger partial charge on any atom is -0.480 e. The molecule has 8 heteroatoms. The smallest absolute Gasteiger partial charge is 0.326 e. The van der Waals surface area contributed by atoms with Crippen LogP contribution in [-0.2, 0) is 14.4 Å². The molecule has 24 heavy (non-hydrogen) atoms. The largest absolute Gasteiger partial charge is 0.480 e. The van der Waals surface area contributed by atoms with E-state index in [-0.39, 0.29) is 17.7 Å². The van der Waals surface area contributed by atoms with E-state index < -0.39 is 30.0 Å². The Kier molecular flexibility index (Phi) is 10.7. The summed E-state index contributed by atoms with van der Waals surface area (Å²) in [6.07, 6.45) is 3.11. The number of nitrogens with one attached hydrogen (secondary N) is 2. The van der Waals surface area contributed by atoms with E-state index in [0.29, 0.717) is 12.8 Å². The Morgan fingerprint density at radius 3 is 2.04 bits per heavy atom. The highest BCUT2D eigenvalue weighted by Gasteiger charge is 2.31. The number of hydrogen-bond donors (Lipinski definition) is 4. The number of nitrogens with two attached hydrogens (primary N) is 1. The van der Waals surface area contributed by atoms with E-state index in [2.05, 4.69) is 10.6 Å². The van der Waals surface area contributed by atoms with Gasteiger partial charge in [0, 0.05) is 0 Å². The van der Waals surface area contributed by atoms with Gasteiger partial charge in [-0.1, -0.05) is 34.1 Å². The van der Waals surface area contributed by atoms with Crippen LogP contribution in [0.25, 0.3) is 0 Å². The molecule has 0 saturated heterocycles. The van der Waals surface area contributed by atoms with Crippen molar-refractivity contribution in [3.8, 4) is 0 Å². The fourth-order valence-electron chi connectivity index (χ4n) is 2.09. The van der Waals surface area contributed by atoms with E-state index >= 15 is 0 Å². The number of amides is 2. The Bertz CT molecular complexity index is 432. The zero-order valence-corrected chi connectivity index (χ0v) is 16.0. The number of aliphatic carboxylic acids is 1. The van der Waals surface area contributed by atoms with Crippen LogP contribution in [0.5, 0.6) is 0 Å². The molecule has 0 aliphatic carbocycles. The molecular weight excluding hydrogens is 330 g/mol. The topological polar surface area (TPSA) is 122 Å². The van der Waals surface area contributed by atoms with E-state index in [1.54, 1.807) is 25.6 Å². The molecule has 0 aromatic carbocycles. The van der Waals surface area contributed by atoms with Crippen LogP contribution in [0.15, 0.2) is 0 Å². The molecule has 0 spiro atoms. The molecule has 0 bridgehead atoms. The Morgan fingerprint density at radius 2 is 1.62 bits per heavy atom. The van der Waals surface area contributed by atoms with E-state index in [1.165, 1.54) is 0 Å². The normalized spacial score (nSPS) is 16.1. The molecule has 7 nitrogen and oxygen atoms in total. The molecule has 0 unspecified atom stereocenters. The average Bonchev–Trinajstić information content (AvgIpc) is 2.53. The fraction of sp³-hybridized carbons (Fsp3) is 0.812. The minimum absolute atomic E-state index is 0.136. The van der Waals surface area contributed by atoms with Crippen LogP contribution < -0.4 is 16.4 Å². The molecule has 5 N–H and O–H groups in total. The van der Waals surface area contributed by atoms with Crippen LogP contribution in [-0.4, -0.2) is 53.0 Å². The average molecular weight is 362 g/mol. The van der Waals surface area contributed by atoms with Crippen LogP contribution in [0.3, 0.4) is 0 Å². The molecule has 0 rings (SSSR count). The monoisotopic (exact) mass is 361 g/mol. The van der Waals surface area contributed by atoms with Crippen LogP contribution in [0.1, 0.15) is 40.5 Å². The van der Waals surface area contributed by atoms with Crippen molar-refractivity contribution >= 4 is 29.5 Å². The van der Waals surface area contributed by atoms with Crippen molar-refractivity contribution < 1.29 is 19.5 Å². The molecule has 140 valence electrons. The van der Waals surface area contributed by atoms with Gasteiger partial charge in [0.05, 0.1) is 6.04 Å². The number of hydrogen-bond acceptors (Lipinski definition) is 5. The number of carboxylic acids is 1. The van der Waals surface area contributed by atoms with Crippen molar-refractivity contribution in [3.63, 3.8) is 0 Å². The van der Waals surface area contributed by atoms with Gasteiger partial charge in [-0.2, -0.15) is 11.8 Å². The maximum absolute atomic E-state index is 12.5. The first-order valence-electron chi connectivity index (χ1n) is 8.23. The molecule has 0 aliphatic rings. The van der Waals surface area contributed by atoms with Gasteiger partial charge in [0.1, 0.15) is 12.1 Å². The summed E-state index contributed by atoms with van der Waals surface area (Å²) in [5, 5.41) is 14.4. The van der Waals surface area contributed by atoms with Gasteiger partial charge < -0.3 is 21.5 Å². The number of carboxylic acid groups (broad SMARTS) is 1. The summed E-state index contributed by atoms with van der Waals surface area (Å²) < 4.78 is 0. The molecule has 0 aromatic rings. The summed E-state index contributed by atoms with van der Waals surface area (Å²) >= 11 is 1.59. The number of rotatable bonds is 11. The van der Waals surface area contributed by atoms with Crippen molar-refractivity contribution in [1.29, 1.82) is 0 Å². The van der Waals surface area contributed by atoms with Gasteiger partial charge in [0.25, 0.3) is 0 Å². The Morgan fingerprint density at radius 1 is 1.08 bits per heavy atom. The summed E-state index contributed by atoms with van der Waals surface area (Å²) in [5.74, 6) is -1.61. The Balaban J connectivity index is 5.02.